The molecule has 2 aromatic rings. The van der Waals surface area contributed by atoms with Crippen LogP contribution in [0.3, 0.4) is 0 Å². The molecule has 6 nitrogen and oxygen atoms in total. The van der Waals surface area contributed by atoms with Gasteiger partial charge in [-0.1, -0.05) is 26.0 Å². The number of carbonyl (C=O) groups is 1. The molecular formula is C17H23FN4O2. The summed E-state index contributed by atoms with van der Waals surface area (Å²) in [5.41, 5.74) is 0.263. The highest BCUT2D eigenvalue weighted by molar-refractivity contribution is 5.90. The van der Waals surface area contributed by atoms with Crippen LogP contribution in [0.15, 0.2) is 24.3 Å². The minimum atomic E-state index is -0.490. The maximum Gasteiger partial charge on any atom is 0.293 e. The van der Waals surface area contributed by atoms with Gasteiger partial charge in [-0.15, -0.1) is 5.10 Å². The molecule has 7 heteroatoms. The summed E-state index contributed by atoms with van der Waals surface area (Å²) in [6, 6.07) is 6.25. The number of rotatable bonds is 6. The second kappa shape index (κ2) is 7.53. The zero-order valence-electron chi connectivity index (χ0n) is 14.4. The fourth-order valence-electron chi connectivity index (χ4n) is 2.24. The van der Waals surface area contributed by atoms with E-state index >= 15 is 0 Å². The molecule has 0 spiro atoms. The van der Waals surface area contributed by atoms with E-state index in [1.807, 2.05) is 13.8 Å². The molecular weight excluding hydrogens is 311 g/mol. The lowest BCUT2D eigenvalue weighted by molar-refractivity contribution is 0.0757. The number of amides is 1. The number of hydrogen-bond acceptors (Lipinski definition) is 4. The highest BCUT2D eigenvalue weighted by atomic mass is 19.1. The highest BCUT2D eigenvalue weighted by Crippen LogP contribution is 2.20. The van der Waals surface area contributed by atoms with Crippen molar-refractivity contribution in [2.24, 2.45) is 0 Å². The molecule has 0 aliphatic carbocycles. The fourth-order valence-corrected chi connectivity index (χ4v) is 2.24. The van der Waals surface area contributed by atoms with Gasteiger partial charge in [-0.3, -0.25) is 4.79 Å². The molecule has 1 aromatic carbocycles. The van der Waals surface area contributed by atoms with Gasteiger partial charge in [-0.05, 0) is 25.5 Å². The summed E-state index contributed by atoms with van der Waals surface area (Å²) in [5.74, 6) is -0.262. The molecule has 0 bridgehead atoms. The summed E-state index contributed by atoms with van der Waals surface area (Å²) in [7, 11) is 1.63. The fraction of sp³-hybridized carbons (Fsp3) is 0.471. The van der Waals surface area contributed by atoms with Gasteiger partial charge in [0.25, 0.3) is 5.91 Å². The smallest absolute Gasteiger partial charge is 0.293 e. The predicted molar refractivity (Wildman–Crippen MR) is 88.7 cm³/mol. The van der Waals surface area contributed by atoms with Gasteiger partial charge in [0.15, 0.2) is 0 Å². The zero-order valence-corrected chi connectivity index (χ0v) is 14.4. The Kier molecular flexibility index (Phi) is 5.66. The van der Waals surface area contributed by atoms with Gasteiger partial charge in [-0.25, -0.2) is 14.1 Å². The van der Waals surface area contributed by atoms with E-state index in [4.69, 9.17) is 0 Å². The van der Waals surface area contributed by atoms with Gasteiger partial charge >= 0.3 is 0 Å². The van der Waals surface area contributed by atoms with E-state index in [0.717, 1.165) is 0 Å². The summed E-state index contributed by atoms with van der Waals surface area (Å²) in [6.45, 7) is 5.88. The summed E-state index contributed by atoms with van der Waals surface area (Å²) in [4.78, 5) is 18.2. The maximum absolute atomic E-state index is 14.1. The summed E-state index contributed by atoms with van der Waals surface area (Å²) < 4.78 is 15.5. The Morgan fingerprint density at radius 3 is 2.58 bits per heavy atom. The number of aromatic nitrogens is 3. The van der Waals surface area contributed by atoms with Crippen molar-refractivity contribution in [2.45, 2.75) is 39.2 Å². The van der Waals surface area contributed by atoms with Gasteiger partial charge in [0.05, 0.1) is 6.10 Å². The summed E-state index contributed by atoms with van der Waals surface area (Å²) in [5, 5.41) is 13.6. The third kappa shape index (κ3) is 3.97. The molecule has 1 amide bonds. The van der Waals surface area contributed by atoms with Crippen LogP contribution < -0.4 is 0 Å². The van der Waals surface area contributed by atoms with Crippen LogP contribution in [0.2, 0.25) is 0 Å². The number of aliphatic hydroxyl groups excluding tert-OH is 1. The molecule has 0 saturated carbocycles. The van der Waals surface area contributed by atoms with Crippen LogP contribution in [0.25, 0.3) is 5.69 Å². The van der Waals surface area contributed by atoms with Crippen LogP contribution in [-0.2, 0) is 0 Å². The molecule has 0 fully saturated rings. The second-order valence-corrected chi connectivity index (χ2v) is 6.18. The predicted octanol–water partition coefficient (Wildman–Crippen LogP) is 2.37. The third-order valence-corrected chi connectivity index (χ3v) is 3.65. The van der Waals surface area contributed by atoms with Crippen molar-refractivity contribution in [3.63, 3.8) is 0 Å². The van der Waals surface area contributed by atoms with Gasteiger partial charge in [-0.2, -0.15) is 0 Å². The first kappa shape index (κ1) is 18.1. The molecule has 24 heavy (non-hydrogen) atoms. The van der Waals surface area contributed by atoms with Crippen molar-refractivity contribution in [1.29, 1.82) is 0 Å². The molecule has 1 atom stereocenters. The first-order valence-corrected chi connectivity index (χ1v) is 7.96. The first-order valence-electron chi connectivity index (χ1n) is 7.96. The Labute approximate surface area is 140 Å². The Morgan fingerprint density at radius 2 is 2.00 bits per heavy atom. The molecule has 0 saturated heterocycles. The number of para-hydroxylation sites is 1. The van der Waals surface area contributed by atoms with Crippen molar-refractivity contribution < 1.29 is 14.3 Å². The van der Waals surface area contributed by atoms with Crippen LogP contribution in [0, 0.1) is 5.82 Å². The van der Waals surface area contributed by atoms with Crippen LogP contribution in [0.4, 0.5) is 4.39 Å². The molecule has 130 valence electrons. The van der Waals surface area contributed by atoms with Crippen molar-refractivity contribution in [3.05, 3.63) is 41.7 Å². The van der Waals surface area contributed by atoms with Gasteiger partial charge in [0.1, 0.15) is 17.3 Å². The molecule has 1 unspecified atom stereocenters. The van der Waals surface area contributed by atoms with E-state index in [2.05, 4.69) is 10.1 Å². The van der Waals surface area contributed by atoms with Crippen molar-refractivity contribution in [3.8, 4) is 5.69 Å². The Balaban J connectivity index is 2.35. The van der Waals surface area contributed by atoms with Gasteiger partial charge in [0.2, 0.25) is 5.82 Å². The van der Waals surface area contributed by atoms with Crippen molar-refractivity contribution >= 4 is 5.91 Å². The zero-order chi connectivity index (χ0) is 17.9. The van der Waals surface area contributed by atoms with Gasteiger partial charge in [0, 0.05) is 19.5 Å². The number of halogens is 1. The maximum atomic E-state index is 14.1. The number of benzene rings is 1. The number of hydrogen-bond donors (Lipinski definition) is 1. The SMILES string of the molecule is CC(O)CCN(C)C(=O)c1nc(C(C)C)n(-c2ccccc2F)n1. The molecule has 1 heterocycles. The van der Waals surface area contributed by atoms with E-state index in [9.17, 15) is 14.3 Å². The Hall–Kier alpha value is -2.28. The third-order valence-electron chi connectivity index (χ3n) is 3.65. The number of carbonyl (C=O) groups excluding carboxylic acids is 1. The Bertz CT molecular complexity index is 712. The van der Waals surface area contributed by atoms with E-state index in [1.54, 1.807) is 32.2 Å². The van der Waals surface area contributed by atoms with Crippen LogP contribution >= 0.6 is 0 Å². The summed E-state index contributed by atoms with van der Waals surface area (Å²) >= 11 is 0. The summed E-state index contributed by atoms with van der Waals surface area (Å²) in [6.07, 6.45) is -0.0248. The van der Waals surface area contributed by atoms with Crippen molar-refractivity contribution in [1.82, 2.24) is 19.7 Å². The second-order valence-electron chi connectivity index (χ2n) is 6.18. The molecule has 0 radical (unpaired) electrons. The Morgan fingerprint density at radius 1 is 1.33 bits per heavy atom. The molecule has 1 aromatic heterocycles. The number of nitrogens with zero attached hydrogens (tertiary/aromatic N) is 4. The van der Waals surface area contributed by atoms with E-state index < -0.39 is 11.9 Å². The number of aliphatic hydroxyl groups is 1. The van der Waals surface area contributed by atoms with Crippen molar-refractivity contribution in [2.75, 3.05) is 13.6 Å². The van der Waals surface area contributed by atoms with E-state index in [0.29, 0.717) is 18.8 Å². The topological polar surface area (TPSA) is 71.2 Å². The van der Waals surface area contributed by atoms with Crippen LogP contribution in [-0.4, -0.2) is 50.4 Å². The molecule has 2 rings (SSSR count). The lowest BCUT2D eigenvalue weighted by atomic mass is 10.2. The van der Waals surface area contributed by atoms with Gasteiger partial charge < -0.3 is 10.0 Å². The van der Waals surface area contributed by atoms with Crippen LogP contribution in [0.1, 0.15) is 49.6 Å². The lowest BCUT2D eigenvalue weighted by Gasteiger charge is -2.15. The van der Waals surface area contributed by atoms with E-state index in [-0.39, 0.29) is 23.3 Å². The quantitative estimate of drug-likeness (QED) is 0.880. The standard InChI is InChI=1S/C17H23FN4O2/c1-11(2)16-19-15(17(24)21(4)10-9-12(3)23)20-22(16)14-8-6-5-7-13(14)18/h5-8,11-12,23H,9-10H2,1-4H3. The largest absolute Gasteiger partial charge is 0.393 e. The molecule has 0 aliphatic rings. The lowest BCUT2D eigenvalue weighted by Crippen LogP contribution is -2.30. The van der Waals surface area contributed by atoms with E-state index in [1.165, 1.54) is 15.6 Å². The van der Waals surface area contributed by atoms with Crippen LogP contribution in [0.5, 0.6) is 0 Å². The molecule has 1 N–H and O–H groups in total. The molecule has 0 aliphatic heterocycles. The first-order chi connectivity index (χ1) is 11.3. The minimum absolute atomic E-state index is 0.0232. The minimum Gasteiger partial charge on any atom is -0.393 e. The normalized spacial score (nSPS) is 12.5. The highest BCUT2D eigenvalue weighted by Gasteiger charge is 2.23. The average Bonchev–Trinajstić information content (AvgIpc) is 2.97. The average molecular weight is 334 g/mol. The monoisotopic (exact) mass is 334 g/mol.